The third kappa shape index (κ3) is 5.22. The van der Waals surface area contributed by atoms with Gasteiger partial charge in [0, 0.05) is 16.9 Å². The number of nitrogens with one attached hydrogen (secondary N) is 2. The Balaban J connectivity index is 1.37. The minimum atomic E-state index is -0.203. The van der Waals surface area contributed by atoms with Gasteiger partial charge in [-0.25, -0.2) is 0 Å². The first-order chi connectivity index (χ1) is 17.7. The zero-order valence-corrected chi connectivity index (χ0v) is 20.1. The summed E-state index contributed by atoms with van der Waals surface area (Å²) in [6.07, 6.45) is 2.99. The standard InChI is InChI=1S/C28H27N7O/c1-2-3-11-23-18-26(28(36)29-22-9-5-4-6-10-22)32-35(23)19-20-14-16-21(17-15-20)24-12-7-8-13-25(24)27-30-33-34-31-27/h4-10,12-18H,2-3,11,19H2,1H3,(H,29,36)(H,30,31,33,34). The van der Waals surface area contributed by atoms with E-state index in [2.05, 4.69) is 68.3 Å². The first-order valence-electron chi connectivity index (χ1n) is 12.1. The molecule has 0 aliphatic heterocycles. The van der Waals surface area contributed by atoms with Crippen molar-refractivity contribution in [2.75, 3.05) is 5.32 Å². The van der Waals surface area contributed by atoms with E-state index in [1.54, 1.807) is 0 Å². The Bertz CT molecular complexity index is 1420. The molecule has 0 aliphatic carbocycles. The minimum Gasteiger partial charge on any atom is -0.321 e. The van der Waals surface area contributed by atoms with Gasteiger partial charge in [-0.1, -0.05) is 80.1 Å². The zero-order valence-electron chi connectivity index (χ0n) is 20.1. The Hall–Kier alpha value is -4.59. The highest BCUT2D eigenvalue weighted by Gasteiger charge is 2.15. The van der Waals surface area contributed by atoms with Crippen LogP contribution in [0.5, 0.6) is 0 Å². The summed E-state index contributed by atoms with van der Waals surface area (Å²) in [5.74, 6) is 0.360. The molecular weight excluding hydrogens is 450 g/mol. The molecule has 0 spiro atoms. The number of para-hydroxylation sites is 1. The van der Waals surface area contributed by atoms with Gasteiger partial charge in [0.2, 0.25) is 5.82 Å². The van der Waals surface area contributed by atoms with Crippen LogP contribution in [0.15, 0.2) is 84.9 Å². The van der Waals surface area contributed by atoms with Gasteiger partial charge in [-0.3, -0.25) is 9.48 Å². The van der Waals surface area contributed by atoms with E-state index >= 15 is 0 Å². The molecule has 2 N–H and O–H groups in total. The van der Waals surface area contributed by atoms with Crippen LogP contribution in [0.1, 0.15) is 41.5 Å². The number of hydrogen-bond acceptors (Lipinski definition) is 5. The predicted molar refractivity (Wildman–Crippen MR) is 139 cm³/mol. The van der Waals surface area contributed by atoms with Crippen molar-refractivity contribution in [2.45, 2.75) is 32.7 Å². The zero-order chi connectivity index (χ0) is 24.7. The monoisotopic (exact) mass is 477 g/mol. The minimum absolute atomic E-state index is 0.203. The SMILES string of the molecule is CCCCc1cc(C(=O)Nc2ccccc2)nn1Cc1ccc(-c2ccccc2-c2nn[nH]n2)cc1. The second-order valence-corrected chi connectivity index (χ2v) is 8.58. The summed E-state index contributed by atoms with van der Waals surface area (Å²) in [4.78, 5) is 12.8. The lowest BCUT2D eigenvalue weighted by Crippen LogP contribution is -2.13. The molecule has 8 nitrogen and oxygen atoms in total. The van der Waals surface area contributed by atoms with Crippen LogP contribution < -0.4 is 5.32 Å². The largest absolute Gasteiger partial charge is 0.321 e. The van der Waals surface area contributed by atoms with Gasteiger partial charge >= 0.3 is 0 Å². The lowest BCUT2D eigenvalue weighted by Gasteiger charge is -2.10. The predicted octanol–water partition coefficient (Wildman–Crippen LogP) is 5.37. The molecule has 0 saturated carbocycles. The highest BCUT2D eigenvalue weighted by atomic mass is 16.1. The molecule has 36 heavy (non-hydrogen) atoms. The Morgan fingerprint density at radius 3 is 2.42 bits per heavy atom. The molecule has 0 unspecified atom stereocenters. The van der Waals surface area contributed by atoms with Crippen LogP contribution in [-0.4, -0.2) is 36.3 Å². The van der Waals surface area contributed by atoms with Crippen LogP contribution in [0.2, 0.25) is 0 Å². The average molecular weight is 478 g/mol. The van der Waals surface area contributed by atoms with E-state index in [4.69, 9.17) is 0 Å². The lowest BCUT2D eigenvalue weighted by molar-refractivity contribution is 0.102. The van der Waals surface area contributed by atoms with Gasteiger partial charge in [-0.2, -0.15) is 10.3 Å². The fourth-order valence-electron chi connectivity index (χ4n) is 4.15. The first kappa shape index (κ1) is 23.2. The molecule has 8 heteroatoms. The van der Waals surface area contributed by atoms with Crippen molar-refractivity contribution in [3.05, 3.63) is 102 Å². The number of benzene rings is 3. The molecule has 180 valence electrons. The molecule has 0 radical (unpaired) electrons. The van der Waals surface area contributed by atoms with E-state index in [0.717, 1.165) is 52.9 Å². The van der Waals surface area contributed by atoms with Crippen molar-refractivity contribution in [3.8, 4) is 22.5 Å². The van der Waals surface area contributed by atoms with Crippen LogP contribution >= 0.6 is 0 Å². The van der Waals surface area contributed by atoms with Crippen molar-refractivity contribution in [3.63, 3.8) is 0 Å². The van der Waals surface area contributed by atoms with Crippen molar-refractivity contribution < 1.29 is 4.79 Å². The lowest BCUT2D eigenvalue weighted by atomic mass is 9.98. The number of carbonyl (C=O) groups excluding carboxylic acids is 1. The van der Waals surface area contributed by atoms with Crippen LogP contribution in [0.25, 0.3) is 22.5 Å². The number of unbranched alkanes of at least 4 members (excludes halogenated alkanes) is 1. The van der Waals surface area contributed by atoms with Crippen LogP contribution in [0, 0.1) is 0 Å². The van der Waals surface area contributed by atoms with E-state index in [1.807, 2.05) is 59.3 Å². The Kier molecular flexibility index (Phi) is 6.93. The number of H-pyrrole nitrogens is 1. The van der Waals surface area contributed by atoms with Crippen molar-refractivity contribution in [1.29, 1.82) is 0 Å². The molecule has 5 rings (SSSR count). The van der Waals surface area contributed by atoms with Gasteiger partial charge in [-0.05, 0) is 52.9 Å². The highest BCUT2D eigenvalue weighted by Crippen LogP contribution is 2.30. The van der Waals surface area contributed by atoms with Gasteiger partial charge in [-0.15, -0.1) is 10.2 Å². The van der Waals surface area contributed by atoms with E-state index in [1.165, 1.54) is 0 Å². The van der Waals surface area contributed by atoms with Crippen molar-refractivity contribution in [1.82, 2.24) is 30.4 Å². The number of aryl methyl sites for hydroxylation is 1. The van der Waals surface area contributed by atoms with Crippen molar-refractivity contribution in [2.24, 2.45) is 0 Å². The molecule has 0 bridgehead atoms. The molecule has 0 aliphatic rings. The Morgan fingerprint density at radius 1 is 0.944 bits per heavy atom. The van der Waals surface area contributed by atoms with Crippen LogP contribution in [0.4, 0.5) is 5.69 Å². The van der Waals surface area contributed by atoms with E-state index in [-0.39, 0.29) is 5.91 Å². The molecule has 0 atom stereocenters. The summed E-state index contributed by atoms with van der Waals surface area (Å²) in [6, 6.07) is 27.7. The number of aromatic amines is 1. The van der Waals surface area contributed by atoms with Gasteiger partial charge in [0.25, 0.3) is 5.91 Å². The Morgan fingerprint density at radius 2 is 1.69 bits per heavy atom. The fraction of sp³-hybridized carbons (Fsp3) is 0.179. The van der Waals surface area contributed by atoms with Crippen molar-refractivity contribution >= 4 is 11.6 Å². The number of nitrogens with zero attached hydrogens (tertiary/aromatic N) is 5. The maximum Gasteiger partial charge on any atom is 0.276 e. The molecular formula is C28H27N7O. The van der Waals surface area contributed by atoms with Gasteiger partial charge in [0.05, 0.1) is 6.54 Å². The topological polar surface area (TPSA) is 101 Å². The first-order valence-corrected chi connectivity index (χ1v) is 12.1. The summed E-state index contributed by atoms with van der Waals surface area (Å²) < 4.78 is 1.94. The van der Waals surface area contributed by atoms with Gasteiger partial charge in [0.1, 0.15) is 0 Å². The number of carbonyl (C=O) groups is 1. The molecule has 5 aromatic rings. The Labute approximate surface area is 209 Å². The molecule has 0 fully saturated rings. The third-order valence-corrected chi connectivity index (χ3v) is 6.02. The number of anilines is 1. The second-order valence-electron chi connectivity index (χ2n) is 8.58. The maximum atomic E-state index is 12.8. The van der Waals surface area contributed by atoms with Gasteiger partial charge in [0.15, 0.2) is 5.69 Å². The average Bonchev–Trinajstić information content (AvgIpc) is 3.59. The number of aromatic nitrogens is 6. The fourth-order valence-corrected chi connectivity index (χ4v) is 4.15. The second kappa shape index (κ2) is 10.8. The summed E-state index contributed by atoms with van der Waals surface area (Å²) in [5, 5.41) is 22.1. The number of hydrogen-bond donors (Lipinski definition) is 2. The molecule has 0 saturated heterocycles. The van der Waals surface area contributed by atoms with E-state index in [0.29, 0.717) is 18.1 Å². The maximum absolute atomic E-state index is 12.8. The number of amides is 1. The summed E-state index contributed by atoms with van der Waals surface area (Å²) in [6.45, 7) is 2.75. The van der Waals surface area contributed by atoms with E-state index < -0.39 is 0 Å². The van der Waals surface area contributed by atoms with Crippen LogP contribution in [0.3, 0.4) is 0 Å². The number of tetrazole rings is 1. The molecule has 2 heterocycles. The quantitative estimate of drug-likeness (QED) is 0.297. The highest BCUT2D eigenvalue weighted by molar-refractivity contribution is 6.02. The van der Waals surface area contributed by atoms with Crippen LogP contribution in [-0.2, 0) is 13.0 Å². The normalized spacial score (nSPS) is 10.9. The molecule has 1 amide bonds. The summed E-state index contributed by atoms with van der Waals surface area (Å²) >= 11 is 0. The molecule has 2 aromatic heterocycles. The summed E-state index contributed by atoms with van der Waals surface area (Å²) in [5.41, 5.74) is 6.36. The third-order valence-electron chi connectivity index (χ3n) is 6.02. The molecule has 3 aromatic carbocycles. The van der Waals surface area contributed by atoms with Gasteiger partial charge < -0.3 is 5.32 Å². The summed E-state index contributed by atoms with van der Waals surface area (Å²) in [7, 11) is 0. The van der Waals surface area contributed by atoms with E-state index in [9.17, 15) is 4.79 Å². The smallest absolute Gasteiger partial charge is 0.276 e. The number of rotatable bonds is 9.